The maximum atomic E-state index is 10.9. The zero-order valence-corrected chi connectivity index (χ0v) is 12.1. The van der Waals surface area contributed by atoms with Crippen molar-refractivity contribution in [2.24, 2.45) is 5.41 Å². The second kappa shape index (κ2) is 5.08. The van der Waals surface area contributed by atoms with Gasteiger partial charge in [-0.1, -0.05) is 36.7 Å². The molecular weight excluding hydrogens is 282 g/mol. The maximum Gasteiger partial charge on any atom is 0.335 e. The number of carbonyl (C=O) groups is 1. The van der Waals surface area contributed by atoms with Gasteiger partial charge in [0.1, 0.15) is 0 Å². The Bertz CT molecular complexity index is 424. The highest BCUT2D eigenvalue weighted by Crippen LogP contribution is 2.25. The lowest BCUT2D eigenvalue weighted by Crippen LogP contribution is -2.30. The van der Waals surface area contributed by atoms with Crippen LogP contribution in [0.25, 0.3) is 0 Å². The lowest BCUT2D eigenvalue weighted by atomic mass is 9.88. The van der Waals surface area contributed by atoms with Gasteiger partial charge in [0.05, 0.1) is 5.56 Å². The molecule has 1 rings (SSSR count). The molecule has 0 spiro atoms. The minimum Gasteiger partial charge on any atom is -0.478 e. The molecule has 0 amide bonds. The van der Waals surface area contributed by atoms with E-state index in [1.165, 1.54) is 0 Å². The first-order chi connectivity index (χ1) is 7.70. The molecular formula is C13H18BrNO2. The van der Waals surface area contributed by atoms with Crippen LogP contribution in [-0.4, -0.2) is 17.1 Å². The standard InChI is InChI=1S/C13H18BrNO2/c1-8(13(2,3)4)15-11-6-9(12(16)17)5-10(14)7-11/h5-8,15H,1-4H3,(H,16,17). The largest absolute Gasteiger partial charge is 0.478 e. The van der Waals surface area contributed by atoms with Gasteiger partial charge in [-0.25, -0.2) is 4.79 Å². The summed E-state index contributed by atoms with van der Waals surface area (Å²) in [6.07, 6.45) is 0. The molecule has 3 nitrogen and oxygen atoms in total. The Balaban J connectivity index is 2.96. The first-order valence-corrected chi connectivity index (χ1v) is 6.30. The Kier molecular flexibility index (Phi) is 4.20. The van der Waals surface area contributed by atoms with E-state index in [2.05, 4.69) is 48.9 Å². The Labute approximate surface area is 110 Å². The van der Waals surface area contributed by atoms with Crippen molar-refractivity contribution in [3.05, 3.63) is 28.2 Å². The monoisotopic (exact) mass is 299 g/mol. The SMILES string of the molecule is CC(Nc1cc(Br)cc(C(=O)O)c1)C(C)(C)C. The van der Waals surface area contributed by atoms with Crippen LogP contribution in [-0.2, 0) is 0 Å². The summed E-state index contributed by atoms with van der Waals surface area (Å²) in [6, 6.07) is 5.37. The molecule has 0 saturated carbocycles. The van der Waals surface area contributed by atoms with Gasteiger partial charge in [0, 0.05) is 16.2 Å². The van der Waals surface area contributed by atoms with E-state index >= 15 is 0 Å². The summed E-state index contributed by atoms with van der Waals surface area (Å²) in [7, 11) is 0. The van der Waals surface area contributed by atoms with E-state index in [0.717, 1.165) is 10.2 Å². The Morgan fingerprint density at radius 1 is 1.35 bits per heavy atom. The summed E-state index contributed by atoms with van der Waals surface area (Å²) in [4.78, 5) is 10.9. The van der Waals surface area contributed by atoms with Gasteiger partial charge in [-0.3, -0.25) is 0 Å². The lowest BCUT2D eigenvalue weighted by molar-refractivity contribution is 0.0697. The molecule has 2 N–H and O–H groups in total. The number of hydrogen-bond acceptors (Lipinski definition) is 2. The quantitative estimate of drug-likeness (QED) is 0.887. The highest BCUT2D eigenvalue weighted by atomic mass is 79.9. The predicted octanol–water partition coefficient (Wildman–Crippen LogP) is 3.99. The normalized spacial score (nSPS) is 13.2. The summed E-state index contributed by atoms with van der Waals surface area (Å²) in [5.41, 5.74) is 1.22. The third kappa shape index (κ3) is 4.04. The van der Waals surface area contributed by atoms with E-state index in [1.54, 1.807) is 12.1 Å². The van der Waals surface area contributed by atoms with Crippen LogP contribution < -0.4 is 5.32 Å². The van der Waals surface area contributed by atoms with Gasteiger partial charge in [0.15, 0.2) is 0 Å². The van der Waals surface area contributed by atoms with Crippen LogP contribution in [0.2, 0.25) is 0 Å². The minimum absolute atomic E-state index is 0.117. The molecule has 1 aromatic carbocycles. The second-order valence-electron chi connectivity index (χ2n) is 5.27. The number of carboxylic acid groups (broad SMARTS) is 1. The second-order valence-corrected chi connectivity index (χ2v) is 6.18. The lowest BCUT2D eigenvalue weighted by Gasteiger charge is -2.29. The maximum absolute atomic E-state index is 10.9. The zero-order valence-electron chi connectivity index (χ0n) is 10.5. The molecule has 0 aromatic heterocycles. The third-order valence-electron chi connectivity index (χ3n) is 2.83. The van der Waals surface area contributed by atoms with Crippen molar-refractivity contribution >= 4 is 27.6 Å². The molecule has 1 atom stereocenters. The fourth-order valence-corrected chi connectivity index (χ4v) is 1.76. The van der Waals surface area contributed by atoms with Gasteiger partial charge >= 0.3 is 5.97 Å². The fraction of sp³-hybridized carbons (Fsp3) is 0.462. The highest BCUT2D eigenvalue weighted by Gasteiger charge is 2.20. The molecule has 0 aliphatic carbocycles. The first kappa shape index (κ1) is 14.0. The van der Waals surface area contributed by atoms with E-state index in [1.807, 2.05) is 6.07 Å². The number of aromatic carboxylic acids is 1. The molecule has 0 saturated heterocycles. The van der Waals surface area contributed by atoms with Crippen molar-refractivity contribution in [3.63, 3.8) is 0 Å². The summed E-state index contributed by atoms with van der Waals surface area (Å²) in [5.74, 6) is -0.919. The Morgan fingerprint density at radius 3 is 2.41 bits per heavy atom. The number of halogens is 1. The average Bonchev–Trinajstić information content (AvgIpc) is 2.14. The van der Waals surface area contributed by atoms with E-state index in [9.17, 15) is 4.79 Å². The van der Waals surface area contributed by atoms with Crippen molar-refractivity contribution < 1.29 is 9.90 Å². The number of carboxylic acids is 1. The summed E-state index contributed by atoms with van der Waals surface area (Å²) in [6.45, 7) is 8.50. The average molecular weight is 300 g/mol. The predicted molar refractivity (Wildman–Crippen MR) is 73.6 cm³/mol. The minimum atomic E-state index is -0.919. The highest BCUT2D eigenvalue weighted by molar-refractivity contribution is 9.10. The molecule has 0 fully saturated rings. The van der Waals surface area contributed by atoms with Crippen molar-refractivity contribution in [2.45, 2.75) is 33.7 Å². The van der Waals surface area contributed by atoms with Crippen LogP contribution in [0.15, 0.2) is 22.7 Å². The zero-order chi connectivity index (χ0) is 13.2. The molecule has 0 bridgehead atoms. The van der Waals surface area contributed by atoms with Crippen LogP contribution in [0, 0.1) is 5.41 Å². The topological polar surface area (TPSA) is 49.3 Å². The van der Waals surface area contributed by atoms with E-state index in [4.69, 9.17) is 5.11 Å². The van der Waals surface area contributed by atoms with Crippen LogP contribution in [0.5, 0.6) is 0 Å². The summed E-state index contributed by atoms with van der Waals surface area (Å²) >= 11 is 3.32. The van der Waals surface area contributed by atoms with Crippen molar-refractivity contribution in [3.8, 4) is 0 Å². The van der Waals surface area contributed by atoms with E-state index in [-0.39, 0.29) is 17.0 Å². The van der Waals surface area contributed by atoms with Gasteiger partial charge in [-0.2, -0.15) is 0 Å². The Hall–Kier alpha value is -1.03. The van der Waals surface area contributed by atoms with Crippen LogP contribution in [0.1, 0.15) is 38.1 Å². The van der Waals surface area contributed by atoms with Crippen LogP contribution in [0.3, 0.4) is 0 Å². The summed E-state index contributed by atoms with van der Waals surface area (Å²) in [5, 5.41) is 12.3. The van der Waals surface area contributed by atoms with Crippen molar-refractivity contribution in [1.29, 1.82) is 0 Å². The molecule has 1 unspecified atom stereocenters. The number of anilines is 1. The summed E-state index contributed by atoms with van der Waals surface area (Å²) < 4.78 is 0.765. The third-order valence-corrected chi connectivity index (χ3v) is 3.28. The molecule has 17 heavy (non-hydrogen) atoms. The molecule has 94 valence electrons. The van der Waals surface area contributed by atoms with Crippen LogP contribution >= 0.6 is 15.9 Å². The molecule has 0 aliphatic heterocycles. The number of benzene rings is 1. The molecule has 4 heteroatoms. The smallest absolute Gasteiger partial charge is 0.335 e. The Morgan fingerprint density at radius 2 is 1.94 bits per heavy atom. The van der Waals surface area contributed by atoms with E-state index < -0.39 is 5.97 Å². The molecule has 0 radical (unpaired) electrons. The van der Waals surface area contributed by atoms with Gasteiger partial charge in [-0.15, -0.1) is 0 Å². The van der Waals surface area contributed by atoms with E-state index in [0.29, 0.717) is 0 Å². The van der Waals surface area contributed by atoms with Crippen molar-refractivity contribution in [1.82, 2.24) is 0 Å². The number of rotatable bonds is 3. The van der Waals surface area contributed by atoms with Gasteiger partial charge in [-0.05, 0) is 30.5 Å². The molecule has 0 heterocycles. The molecule has 1 aromatic rings. The van der Waals surface area contributed by atoms with Gasteiger partial charge in [0.25, 0.3) is 0 Å². The van der Waals surface area contributed by atoms with Gasteiger partial charge < -0.3 is 10.4 Å². The van der Waals surface area contributed by atoms with Crippen molar-refractivity contribution in [2.75, 3.05) is 5.32 Å². The first-order valence-electron chi connectivity index (χ1n) is 5.50. The number of nitrogens with one attached hydrogen (secondary N) is 1. The molecule has 0 aliphatic rings. The fourth-order valence-electron chi connectivity index (χ4n) is 1.26. The van der Waals surface area contributed by atoms with Crippen LogP contribution in [0.4, 0.5) is 5.69 Å². The van der Waals surface area contributed by atoms with Gasteiger partial charge in [0.2, 0.25) is 0 Å². The number of hydrogen-bond donors (Lipinski definition) is 2.